The number of benzene rings is 2. The fourth-order valence-corrected chi connectivity index (χ4v) is 2.24. The normalized spacial score (nSPS) is 10.3. The predicted molar refractivity (Wildman–Crippen MR) is 86.0 cm³/mol. The summed E-state index contributed by atoms with van der Waals surface area (Å²) < 4.78 is 0. The van der Waals surface area contributed by atoms with Gasteiger partial charge in [0, 0.05) is 24.8 Å². The Morgan fingerprint density at radius 3 is 2.38 bits per heavy atom. The van der Waals surface area contributed by atoms with Crippen LogP contribution in [0.5, 0.6) is 0 Å². The van der Waals surface area contributed by atoms with Crippen molar-refractivity contribution < 1.29 is 4.79 Å². The third kappa shape index (κ3) is 3.61. The summed E-state index contributed by atoms with van der Waals surface area (Å²) in [5.41, 5.74) is 7.32. The Kier molecular flexibility index (Phi) is 4.60. The van der Waals surface area contributed by atoms with Crippen molar-refractivity contribution in [3.8, 4) is 0 Å². The molecule has 21 heavy (non-hydrogen) atoms. The maximum Gasteiger partial charge on any atom is 0.254 e. The molecule has 0 aliphatic heterocycles. The van der Waals surface area contributed by atoms with Gasteiger partial charge in [0.15, 0.2) is 0 Å². The minimum atomic E-state index is 0.0108. The lowest BCUT2D eigenvalue weighted by atomic mass is 10.1. The van der Waals surface area contributed by atoms with Gasteiger partial charge in [-0.3, -0.25) is 10.6 Å². The van der Waals surface area contributed by atoms with Gasteiger partial charge in [-0.25, -0.2) is 0 Å². The standard InChI is InChI=1S/C17H21N3O/c1-12-4-6-14(7-5-12)11-20(3)17(21)16-9-8-15(19-18)10-13(16)2/h4-10,19H,11,18H2,1-3H3. The van der Waals surface area contributed by atoms with Crippen LogP contribution in [0.15, 0.2) is 42.5 Å². The van der Waals surface area contributed by atoms with Crippen LogP contribution in [0.1, 0.15) is 27.0 Å². The van der Waals surface area contributed by atoms with E-state index in [9.17, 15) is 4.79 Å². The number of anilines is 1. The first-order valence-electron chi connectivity index (χ1n) is 6.89. The van der Waals surface area contributed by atoms with Crippen LogP contribution in [-0.2, 0) is 6.54 Å². The van der Waals surface area contributed by atoms with Crippen LogP contribution in [0.4, 0.5) is 5.69 Å². The highest BCUT2D eigenvalue weighted by Crippen LogP contribution is 2.17. The lowest BCUT2D eigenvalue weighted by Crippen LogP contribution is -2.27. The predicted octanol–water partition coefficient (Wildman–Crippen LogP) is 2.86. The second kappa shape index (κ2) is 6.41. The van der Waals surface area contributed by atoms with Gasteiger partial charge in [0.1, 0.15) is 0 Å². The molecule has 0 saturated carbocycles. The second-order valence-electron chi connectivity index (χ2n) is 5.32. The van der Waals surface area contributed by atoms with E-state index >= 15 is 0 Å². The minimum absolute atomic E-state index is 0.0108. The van der Waals surface area contributed by atoms with Gasteiger partial charge < -0.3 is 10.3 Å². The third-order valence-corrected chi connectivity index (χ3v) is 3.51. The Bertz CT molecular complexity index is 635. The molecule has 0 aromatic heterocycles. The lowest BCUT2D eigenvalue weighted by Gasteiger charge is -2.19. The van der Waals surface area contributed by atoms with Gasteiger partial charge in [-0.05, 0) is 43.2 Å². The molecule has 110 valence electrons. The monoisotopic (exact) mass is 283 g/mol. The highest BCUT2D eigenvalue weighted by molar-refractivity contribution is 5.95. The summed E-state index contributed by atoms with van der Waals surface area (Å²) in [4.78, 5) is 14.2. The van der Waals surface area contributed by atoms with E-state index < -0.39 is 0 Å². The van der Waals surface area contributed by atoms with Crippen molar-refractivity contribution in [2.75, 3.05) is 12.5 Å². The number of amides is 1. The summed E-state index contributed by atoms with van der Waals surface area (Å²) in [5.74, 6) is 5.38. The maximum atomic E-state index is 12.5. The van der Waals surface area contributed by atoms with Gasteiger partial charge in [-0.15, -0.1) is 0 Å². The number of carbonyl (C=O) groups is 1. The second-order valence-corrected chi connectivity index (χ2v) is 5.32. The minimum Gasteiger partial charge on any atom is -0.337 e. The van der Waals surface area contributed by atoms with Crippen molar-refractivity contribution in [1.82, 2.24) is 4.90 Å². The van der Waals surface area contributed by atoms with E-state index in [1.165, 1.54) is 5.56 Å². The third-order valence-electron chi connectivity index (χ3n) is 3.51. The molecule has 0 unspecified atom stereocenters. The number of nitrogens with one attached hydrogen (secondary N) is 1. The molecular formula is C17H21N3O. The van der Waals surface area contributed by atoms with Crippen LogP contribution in [0, 0.1) is 13.8 Å². The number of hydrogen-bond donors (Lipinski definition) is 2. The molecule has 0 heterocycles. The molecule has 0 atom stereocenters. The number of aryl methyl sites for hydroxylation is 2. The average molecular weight is 283 g/mol. The van der Waals surface area contributed by atoms with Crippen LogP contribution in [-0.4, -0.2) is 17.9 Å². The molecule has 0 bridgehead atoms. The molecule has 2 rings (SSSR count). The van der Waals surface area contributed by atoms with Crippen molar-refractivity contribution in [2.45, 2.75) is 20.4 Å². The Labute approximate surface area is 125 Å². The lowest BCUT2D eigenvalue weighted by molar-refractivity contribution is 0.0784. The van der Waals surface area contributed by atoms with E-state index in [0.717, 1.165) is 16.8 Å². The highest BCUT2D eigenvalue weighted by Gasteiger charge is 2.14. The molecule has 0 aliphatic carbocycles. The van der Waals surface area contributed by atoms with Crippen LogP contribution in [0.3, 0.4) is 0 Å². The van der Waals surface area contributed by atoms with Crippen LogP contribution in [0.25, 0.3) is 0 Å². The molecule has 0 fully saturated rings. The van der Waals surface area contributed by atoms with Gasteiger partial charge in [0.05, 0.1) is 0 Å². The number of nitrogens with zero attached hydrogens (tertiary/aromatic N) is 1. The van der Waals surface area contributed by atoms with Crippen LogP contribution >= 0.6 is 0 Å². The zero-order chi connectivity index (χ0) is 15.4. The Morgan fingerprint density at radius 2 is 1.81 bits per heavy atom. The van der Waals surface area contributed by atoms with Gasteiger partial charge in [-0.2, -0.15) is 0 Å². The Morgan fingerprint density at radius 1 is 1.14 bits per heavy atom. The number of nitrogens with two attached hydrogens (primary N) is 1. The van der Waals surface area contributed by atoms with Crippen molar-refractivity contribution in [1.29, 1.82) is 0 Å². The number of rotatable bonds is 4. The summed E-state index contributed by atoms with van der Waals surface area (Å²) in [6.07, 6.45) is 0. The fraction of sp³-hybridized carbons (Fsp3) is 0.235. The summed E-state index contributed by atoms with van der Waals surface area (Å²) in [6, 6.07) is 13.7. The molecule has 2 aromatic carbocycles. The van der Waals surface area contributed by atoms with E-state index in [4.69, 9.17) is 5.84 Å². The molecule has 0 saturated heterocycles. The fourth-order valence-electron chi connectivity index (χ4n) is 2.24. The molecule has 4 nitrogen and oxygen atoms in total. The Balaban J connectivity index is 2.13. The summed E-state index contributed by atoms with van der Waals surface area (Å²) in [7, 11) is 1.82. The number of hydrogen-bond acceptors (Lipinski definition) is 3. The summed E-state index contributed by atoms with van der Waals surface area (Å²) >= 11 is 0. The summed E-state index contributed by atoms with van der Waals surface area (Å²) in [5, 5.41) is 0. The molecule has 0 spiro atoms. The van der Waals surface area contributed by atoms with E-state index in [1.807, 2.05) is 32.2 Å². The van der Waals surface area contributed by atoms with Crippen molar-refractivity contribution in [3.63, 3.8) is 0 Å². The SMILES string of the molecule is Cc1ccc(CN(C)C(=O)c2ccc(NN)cc2C)cc1. The van der Waals surface area contributed by atoms with Crippen molar-refractivity contribution in [3.05, 3.63) is 64.7 Å². The van der Waals surface area contributed by atoms with Gasteiger partial charge in [0.25, 0.3) is 5.91 Å². The topological polar surface area (TPSA) is 58.4 Å². The quantitative estimate of drug-likeness (QED) is 0.670. The molecule has 1 amide bonds. The highest BCUT2D eigenvalue weighted by atomic mass is 16.2. The Hall–Kier alpha value is -2.33. The van der Waals surface area contributed by atoms with E-state index in [0.29, 0.717) is 12.1 Å². The zero-order valence-corrected chi connectivity index (χ0v) is 12.7. The summed E-state index contributed by atoms with van der Waals surface area (Å²) in [6.45, 7) is 4.55. The van der Waals surface area contributed by atoms with E-state index in [1.54, 1.807) is 17.0 Å². The van der Waals surface area contributed by atoms with Crippen LogP contribution in [0.2, 0.25) is 0 Å². The van der Waals surface area contributed by atoms with Gasteiger partial charge in [0.2, 0.25) is 0 Å². The average Bonchev–Trinajstić information content (AvgIpc) is 2.48. The molecule has 3 N–H and O–H groups in total. The first-order chi connectivity index (χ1) is 10.0. The number of carbonyl (C=O) groups excluding carboxylic acids is 1. The van der Waals surface area contributed by atoms with E-state index in [-0.39, 0.29) is 5.91 Å². The molecule has 2 aromatic rings. The van der Waals surface area contributed by atoms with Crippen LogP contribution < -0.4 is 11.3 Å². The molecule has 4 heteroatoms. The van der Waals surface area contributed by atoms with Gasteiger partial charge >= 0.3 is 0 Å². The number of hydrazine groups is 1. The largest absolute Gasteiger partial charge is 0.337 e. The van der Waals surface area contributed by atoms with Crippen molar-refractivity contribution >= 4 is 11.6 Å². The van der Waals surface area contributed by atoms with Crippen molar-refractivity contribution in [2.24, 2.45) is 5.84 Å². The number of nitrogen functional groups attached to an aromatic ring is 1. The van der Waals surface area contributed by atoms with E-state index in [2.05, 4.69) is 24.5 Å². The maximum absolute atomic E-state index is 12.5. The molecule has 0 aliphatic rings. The molecular weight excluding hydrogens is 262 g/mol. The first-order valence-corrected chi connectivity index (χ1v) is 6.89. The first kappa shape index (κ1) is 15.1. The molecule has 0 radical (unpaired) electrons. The smallest absolute Gasteiger partial charge is 0.254 e. The zero-order valence-electron chi connectivity index (χ0n) is 12.7. The van der Waals surface area contributed by atoms with Gasteiger partial charge in [-0.1, -0.05) is 29.8 Å².